The summed E-state index contributed by atoms with van der Waals surface area (Å²) in [6, 6.07) is 15.8. The fraction of sp³-hybridized carbons (Fsp3) is 0.185. The standard InChI is InChI=1S/C27H23FN2O3S/c1-4-32-24-13-19(7-10-23(24)33-15-18-5-8-20(28)9-6-18)14-25-26(31)30-22-12-17(3)16(2)11-21(22)29-27(30)34-25/h5-14H,4,15H2,1-3H3. The number of benzene rings is 3. The molecule has 5 nitrogen and oxygen atoms in total. The highest BCUT2D eigenvalue weighted by Crippen LogP contribution is 2.30. The molecular formula is C27H23FN2O3S. The molecule has 0 spiro atoms. The van der Waals surface area contributed by atoms with Crippen LogP contribution in [0.25, 0.3) is 22.1 Å². The first-order valence-electron chi connectivity index (χ1n) is 11.0. The Morgan fingerprint density at radius 3 is 2.53 bits per heavy atom. The largest absolute Gasteiger partial charge is 0.490 e. The smallest absolute Gasteiger partial charge is 0.274 e. The highest BCUT2D eigenvalue weighted by Gasteiger charge is 2.13. The van der Waals surface area contributed by atoms with E-state index in [4.69, 9.17) is 9.47 Å². The number of imidazole rings is 1. The highest BCUT2D eigenvalue weighted by molar-refractivity contribution is 7.15. The fourth-order valence-corrected chi connectivity index (χ4v) is 4.80. The van der Waals surface area contributed by atoms with Crippen molar-refractivity contribution in [3.05, 3.63) is 97.6 Å². The highest BCUT2D eigenvalue weighted by atomic mass is 32.1. The molecule has 5 rings (SSSR count). The zero-order chi connectivity index (χ0) is 23.8. The second-order valence-corrected chi connectivity index (χ2v) is 9.13. The van der Waals surface area contributed by atoms with Crippen LogP contribution in [-0.4, -0.2) is 16.0 Å². The second kappa shape index (κ2) is 8.91. The molecule has 34 heavy (non-hydrogen) atoms. The van der Waals surface area contributed by atoms with Crippen LogP contribution in [0.15, 0.2) is 59.4 Å². The summed E-state index contributed by atoms with van der Waals surface area (Å²) in [5, 5.41) is 0. The van der Waals surface area contributed by atoms with Crippen molar-refractivity contribution >= 4 is 33.4 Å². The Bertz CT molecular complexity index is 1620. The number of ether oxygens (including phenoxy) is 2. The first-order valence-corrected chi connectivity index (χ1v) is 11.8. The summed E-state index contributed by atoms with van der Waals surface area (Å²) in [6.07, 6.45) is 1.85. The van der Waals surface area contributed by atoms with Crippen LogP contribution in [0.5, 0.6) is 11.5 Å². The number of hydrogen-bond acceptors (Lipinski definition) is 5. The molecule has 0 saturated heterocycles. The number of aromatic nitrogens is 2. The van der Waals surface area contributed by atoms with Crippen LogP contribution in [0.1, 0.15) is 29.2 Å². The van der Waals surface area contributed by atoms with Crippen LogP contribution in [0.3, 0.4) is 0 Å². The van der Waals surface area contributed by atoms with Gasteiger partial charge in [0.15, 0.2) is 16.5 Å². The van der Waals surface area contributed by atoms with Gasteiger partial charge < -0.3 is 9.47 Å². The van der Waals surface area contributed by atoms with Crippen LogP contribution in [-0.2, 0) is 6.61 Å². The molecule has 2 heterocycles. The van der Waals surface area contributed by atoms with Gasteiger partial charge in [-0.25, -0.2) is 13.8 Å². The molecule has 0 amide bonds. The van der Waals surface area contributed by atoms with E-state index in [0.29, 0.717) is 34.2 Å². The van der Waals surface area contributed by atoms with Gasteiger partial charge in [0, 0.05) is 0 Å². The average molecular weight is 475 g/mol. The molecular weight excluding hydrogens is 451 g/mol. The van der Waals surface area contributed by atoms with E-state index in [-0.39, 0.29) is 11.4 Å². The van der Waals surface area contributed by atoms with Gasteiger partial charge in [0.25, 0.3) is 5.56 Å². The molecule has 0 saturated carbocycles. The average Bonchev–Trinajstić information content (AvgIpc) is 3.30. The lowest BCUT2D eigenvalue weighted by Crippen LogP contribution is -2.22. The number of halogens is 1. The minimum absolute atomic E-state index is 0.0830. The Morgan fingerprint density at radius 2 is 1.76 bits per heavy atom. The summed E-state index contributed by atoms with van der Waals surface area (Å²) in [4.78, 5) is 18.5. The maximum absolute atomic E-state index is 13.2. The van der Waals surface area contributed by atoms with Gasteiger partial charge in [-0.1, -0.05) is 29.5 Å². The maximum atomic E-state index is 13.2. The van der Waals surface area contributed by atoms with Gasteiger partial charge in [-0.2, -0.15) is 0 Å². The topological polar surface area (TPSA) is 52.8 Å². The van der Waals surface area contributed by atoms with Crippen LogP contribution in [0, 0.1) is 19.7 Å². The Hall–Kier alpha value is -3.71. The molecule has 172 valence electrons. The molecule has 0 bridgehead atoms. The third-order valence-corrected chi connectivity index (χ3v) is 6.70. The Kier molecular flexibility index (Phi) is 5.79. The van der Waals surface area contributed by atoms with Gasteiger partial charge in [-0.3, -0.25) is 4.79 Å². The normalized spacial score (nSPS) is 12.1. The number of rotatable bonds is 6. The summed E-state index contributed by atoms with van der Waals surface area (Å²) in [6.45, 7) is 6.75. The van der Waals surface area contributed by atoms with Crippen molar-refractivity contribution in [2.45, 2.75) is 27.4 Å². The summed E-state index contributed by atoms with van der Waals surface area (Å²) >= 11 is 1.37. The van der Waals surface area contributed by atoms with Crippen molar-refractivity contribution in [3.8, 4) is 11.5 Å². The Morgan fingerprint density at radius 1 is 1.00 bits per heavy atom. The SMILES string of the molecule is CCOc1cc(C=c2sc3nc4cc(C)c(C)cc4n3c2=O)ccc1OCc1ccc(F)cc1. The Balaban J connectivity index is 1.49. The molecule has 2 aromatic heterocycles. The number of fused-ring (bicyclic) bond motifs is 3. The van der Waals surface area contributed by atoms with Gasteiger partial charge in [-0.15, -0.1) is 0 Å². The minimum atomic E-state index is -0.282. The molecule has 0 fully saturated rings. The predicted molar refractivity (Wildman–Crippen MR) is 133 cm³/mol. The summed E-state index contributed by atoms with van der Waals surface area (Å²) < 4.78 is 27.1. The second-order valence-electron chi connectivity index (χ2n) is 8.13. The molecule has 0 radical (unpaired) electrons. The number of thiazole rings is 1. The molecule has 0 N–H and O–H groups in total. The van der Waals surface area contributed by atoms with Crippen molar-refractivity contribution in [2.24, 2.45) is 0 Å². The molecule has 0 aliphatic carbocycles. The molecule has 7 heteroatoms. The van der Waals surface area contributed by atoms with Crippen LogP contribution < -0.4 is 19.6 Å². The van der Waals surface area contributed by atoms with Gasteiger partial charge >= 0.3 is 0 Å². The summed E-state index contributed by atoms with van der Waals surface area (Å²) in [5.74, 6) is 0.892. The fourth-order valence-electron chi connectivity index (χ4n) is 3.81. The summed E-state index contributed by atoms with van der Waals surface area (Å²) in [5.41, 5.74) is 5.55. The number of hydrogen-bond donors (Lipinski definition) is 0. The first-order chi connectivity index (χ1) is 16.4. The van der Waals surface area contributed by atoms with E-state index < -0.39 is 0 Å². The molecule has 0 atom stereocenters. The van der Waals surface area contributed by atoms with Crippen LogP contribution in [0.4, 0.5) is 4.39 Å². The van der Waals surface area contributed by atoms with Crippen molar-refractivity contribution in [3.63, 3.8) is 0 Å². The zero-order valence-electron chi connectivity index (χ0n) is 19.1. The van der Waals surface area contributed by atoms with Crippen molar-refractivity contribution in [1.82, 2.24) is 9.38 Å². The maximum Gasteiger partial charge on any atom is 0.274 e. The lowest BCUT2D eigenvalue weighted by atomic mass is 10.1. The quantitative estimate of drug-likeness (QED) is 0.340. The first kappa shape index (κ1) is 22.1. The van der Waals surface area contributed by atoms with E-state index >= 15 is 0 Å². The molecule has 0 aliphatic heterocycles. The van der Waals surface area contributed by atoms with E-state index in [2.05, 4.69) is 4.98 Å². The number of nitrogens with zero attached hydrogens (tertiary/aromatic N) is 2. The zero-order valence-corrected chi connectivity index (χ0v) is 19.9. The number of aryl methyl sites for hydroxylation is 2. The van der Waals surface area contributed by atoms with E-state index in [1.807, 2.05) is 57.2 Å². The van der Waals surface area contributed by atoms with Gasteiger partial charge in [-0.05, 0) is 85.5 Å². The van der Waals surface area contributed by atoms with Crippen LogP contribution in [0.2, 0.25) is 0 Å². The van der Waals surface area contributed by atoms with Crippen LogP contribution >= 0.6 is 11.3 Å². The van der Waals surface area contributed by atoms with E-state index in [9.17, 15) is 9.18 Å². The lowest BCUT2D eigenvalue weighted by molar-refractivity contribution is 0.269. The van der Waals surface area contributed by atoms with Crippen molar-refractivity contribution in [2.75, 3.05) is 6.61 Å². The molecule has 0 unspecified atom stereocenters. The molecule has 0 aliphatic rings. The third-order valence-electron chi connectivity index (χ3n) is 5.73. The molecule has 5 aromatic rings. The molecule has 3 aromatic carbocycles. The van der Waals surface area contributed by atoms with E-state index in [0.717, 1.165) is 33.3 Å². The van der Waals surface area contributed by atoms with Crippen molar-refractivity contribution in [1.29, 1.82) is 0 Å². The minimum Gasteiger partial charge on any atom is -0.490 e. The monoisotopic (exact) mass is 474 g/mol. The third kappa shape index (κ3) is 4.15. The lowest BCUT2D eigenvalue weighted by Gasteiger charge is -2.12. The van der Waals surface area contributed by atoms with Gasteiger partial charge in [0.1, 0.15) is 12.4 Å². The van der Waals surface area contributed by atoms with Crippen molar-refractivity contribution < 1.29 is 13.9 Å². The van der Waals surface area contributed by atoms with Gasteiger partial charge in [0.05, 0.1) is 22.2 Å². The van der Waals surface area contributed by atoms with Gasteiger partial charge in [0.2, 0.25) is 0 Å². The van der Waals surface area contributed by atoms with E-state index in [1.54, 1.807) is 16.5 Å². The predicted octanol–water partition coefficient (Wildman–Crippen LogP) is 5.19. The summed E-state index contributed by atoms with van der Waals surface area (Å²) in [7, 11) is 0. The van der Waals surface area contributed by atoms with E-state index in [1.165, 1.54) is 23.5 Å². The Labute approximate surface area is 199 Å².